The molecule has 0 aliphatic heterocycles. The number of hydrogen-bond acceptors (Lipinski definition) is 2. The van der Waals surface area contributed by atoms with Crippen LogP contribution in [0.2, 0.25) is 0 Å². The average molecular weight is 239 g/mol. The first-order valence-electron chi connectivity index (χ1n) is 6.12. The normalized spacial score (nSPS) is 13.1. The van der Waals surface area contributed by atoms with Crippen LogP contribution in [0, 0.1) is 11.7 Å². The maximum absolute atomic E-state index is 13.8. The van der Waals surface area contributed by atoms with E-state index < -0.39 is 0 Å². The summed E-state index contributed by atoms with van der Waals surface area (Å²) < 4.78 is 19.5. The van der Waals surface area contributed by atoms with E-state index in [2.05, 4.69) is 13.8 Å². The topological polar surface area (TPSA) is 35.2 Å². The van der Waals surface area contributed by atoms with Crippen molar-refractivity contribution in [1.29, 1.82) is 0 Å². The smallest absolute Gasteiger partial charge is 0.133 e. The zero-order chi connectivity index (χ0) is 12.8. The molecule has 1 aromatic carbocycles. The van der Waals surface area contributed by atoms with Gasteiger partial charge < -0.3 is 10.5 Å². The lowest BCUT2D eigenvalue weighted by atomic mass is 10.1. The third-order valence-electron chi connectivity index (χ3n) is 2.71. The van der Waals surface area contributed by atoms with E-state index in [4.69, 9.17) is 10.5 Å². The Labute approximate surface area is 103 Å². The summed E-state index contributed by atoms with van der Waals surface area (Å²) in [6.07, 6.45) is 1.13. The number of hydrogen-bond donors (Lipinski definition) is 1. The quantitative estimate of drug-likeness (QED) is 0.827. The molecule has 0 aliphatic carbocycles. The van der Waals surface area contributed by atoms with Crippen LogP contribution in [0.3, 0.4) is 0 Å². The summed E-state index contributed by atoms with van der Waals surface area (Å²) in [7, 11) is 0. The number of nitrogens with two attached hydrogens (primary N) is 1. The van der Waals surface area contributed by atoms with Gasteiger partial charge in [0.05, 0.1) is 12.7 Å². The highest BCUT2D eigenvalue weighted by molar-refractivity contribution is 5.25. The van der Waals surface area contributed by atoms with Gasteiger partial charge in [0.25, 0.3) is 0 Å². The van der Waals surface area contributed by atoms with Gasteiger partial charge in [-0.1, -0.05) is 32.0 Å². The van der Waals surface area contributed by atoms with E-state index >= 15 is 0 Å². The van der Waals surface area contributed by atoms with E-state index in [-0.39, 0.29) is 18.5 Å². The van der Waals surface area contributed by atoms with Crippen LogP contribution in [-0.2, 0) is 17.9 Å². The lowest BCUT2D eigenvalue weighted by Gasteiger charge is -2.16. The molecule has 0 heterocycles. The fourth-order valence-electron chi connectivity index (χ4n) is 1.87. The molecule has 0 aromatic heterocycles. The molecule has 2 N–H and O–H groups in total. The average Bonchev–Trinajstić information content (AvgIpc) is 2.27. The van der Waals surface area contributed by atoms with E-state index in [0.717, 1.165) is 6.42 Å². The zero-order valence-electron chi connectivity index (χ0n) is 10.9. The van der Waals surface area contributed by atoms with E-state index in [1.165, 1.54) is 0 Å². The second kappa shape index (κ2) is 6.72. The van der Waals surface area contributed by atoms with Crippen LogP contribution in [0.1, 0.15) is 38.3 Å². The minimum atomic E-state index is -0.230. The van der Waals surface area contributed by atoms with Crippen molar-refractivity contribution in [2.75, 3.05) is 0 Å². The molecule has 0 aliphatic rings. The monoisotopic (exact) mass is 239 g/mol. The zero-order valence-corrected chi connectivity index (χ0v) is 10.9. The summed E-state index contributed by atoms with van der Waals surface area (Å²) in [5.74, 6) is 0.358. The lowest BCUT2D eigenvalue weighted by molar-refractivity contribution is 0.0381. The van der Waals surface area contributed by atoms with Gasteiger partial charge in [-0.3, -0.25) is 0 Å². The number of rotatable bonds is 6. The standard InChI is InChI=1S/C14H22FNO/c1-10(2)7-11(3)17-9-13-6-4-5-12(8-16)14(13)15/h4-6,10-11H,7-9,16H2,1-3H3. The van der Waals surface area contributed by atoms with Gasteiger partial charge in [0, 0.05) is 17.7 Å². The molecule has 1 atom stereocenters. The van der Waals surface area contributed by atoms with Gasteiger partial charge in [0.2, 0.25) is 0 Å². The molecule has 1 aromatic rings. The Balaban J connectivity index is 2.57. The van der Waals surface area contributed by atoms with Crippen LogP contribution in [0.15, 0.2) is 18.2 Å². The summed E-state index contributed by atoms with van der Waals surface area (Å²) in [5, 5.41) is 0. The highest BCUT2D eigenvalue weighted by Gasteiger charge is 2.10. The van der Waals surface area contributed by atoms with Gasteiger partial charge in [-0.05, 0) is 19.3 Å². The third-order valence-corrected chi connectivity index (χ3v) is 2.71. The lowest BCUT2D eigenvalue weighted by Crippen LogP contribution is -2.12. The third kappa shape index (κ3) is 4.44. The van der Waals surface area contributed by atoms with Gasteiger partial charge >= 0.3 is 0 Å². The van der Waals surface area contributed by atoms with Crippen molar-refractivity contribution in [2.24, 2.45) is 11.7 Å². The molecule has 1 unspecified atom stereocenters. The van der Waals surface area contributed by atoms with Crippen molar-refractivity contribution < 1.29 is 9.13 Å². The molecule has 0 saturated heterocycles. The fraction of sp³-hybridized carbons (Fsp3) is 0.571. The number of benzene rings is 1. The summed E-state index contributed by atoms with van der Waals surface area (Å²) in [5.41, 5.74) is 6.59. The molecule has 96 valence electrons. The van der Waals surface area contributed by atoms with Gasteiger partial charge in [-0.2, -0.15) is 0 Å². The Morgan fingerprint density at radius 2 is 1.88 bits per heavy atom. The maximum atomic E-state index is 13.8. The van der Waals surface area contributed by atoms with Gasteiger partial charge in [-0.15, -0.1) is 0 Å². The van der Waals surface area contributed by atoms with E-state index in [1.807, 2.05) is 13.0 Å². The molecule has 0 spiro atoms. The highest BCUT2D eigenvalue weighted by Crippen LogP contribution is 2.16. The predicted molar refractivity (Wildman–Crippen MR) is 68.0 cm³/mol. The minimum absolute atomic E-state index is 0.149. The molecule has 0 saturated carbocycles. The summed E-state index contributed by atoms with van der Waals surface area (Å²) in [6, 6.07) is 5.27. The Morgan fingerprint density at radius 1 is 1.24 bits per heavy atom. The van der Waals surface area contributed by atoms with Crippen molar-refractivity contribution >= 4 is 0 Å². The van der Waals surface area contributed by atoms with Crippen molar-refractivity contribution in [1.82, 2.24) is 0 Å². The number of halogens is 1. The minimum Gasteiger partial charge on any atom is -0.374 e. The SMILES string of the molecule is CC(C)CC(C)OCc1cccc(CN)c1F. The van der Waals surface area contributed by atoms with Crippen LogP contribution in [0.4, 0.5) is 4.39 Å². The maximum Gasteiger partial charge on any atom is 0.133 e. The Morgan fingerprint density at radius 3 is 2.47 bits per heavy atom. The molecular formula is C14H22FNO. The van der Waals surface area contributed by atoms with E-state index in [1.54, 1.807) is 12.1 Å². The predicted octanol–water partition coefficient (Wildman–Crippen LogP) is 3.24. The first kappa shape index (κ1) is 14.1. The van der Waals surface area contributed by atoms with Gasteiger partial charge in [0.1, 0.15) is 5.82 Å². The highest BCUT2D eigenvalue weighted by atomic mass is 19.1. The van der Waals surface area contributed by atoms with Crippen molar-refractivity contribution in [3.05, 3.63) is 35.1 Å². The van der Waals surface area contributed by atoms with Gasteiger partial charge in [-0.25, -0.2) is 4.39 Å². The first-order chi connectivity index (χ1) is 8.04. The van der Waals surface area contributed by atoms with Crippen LogP contribution in [0.25, 0.3) is 0 Å². The molecular weight excluding hydrogens is 217 g/mol. The largest absolute Gasteiger partial charge is 0.374 e. The van der Waals surface area contributed by atoms with Crippen LogP contribution in [0.5, 0.6) is 0 Å². The molecule has 3 heteroatoms. The summed E-state index contributed by atoms with van der Waals surface area (Å²) in [6.45, 7) is 6.85. The van der Waals surface area contributed by atoms with E-state index in [9.17, 15) is 4.39 Å². The number of ether oxygens (including phenoxy) is 1. The van der Waals surface area contributed by atoms with Crippen molar-refractivity contribution in [3.8, 4) is 0 Å². The molecule has 0 bridgehead atoms. The van der Waals surface area contributed by atoms with E-state index in [0.29, 0.717) is 23.7 Å². The van der Waals surface area contributed by atoms with Crippen LogP contribution < -0.4 is 5.73 Å². The molecule has 1 rings (SSSR count). The summed E-state index contributed by atoms with van der Waals surface area (Å²) >= 11 is 0. The summed E-state index contributed by atoms with van der Waals surface area (Å²) in [4.78, 5) is 0. The Hall–Kier alpha value is -0.930. The molecule has 17 heavy (non-hydrogen) atoms. The van der Waals surface area contributed by atoms with Crippen LogP contribution >= 0.6 is 0 Å². The van der Waals surface area contributed by atoms with Gasteiger partial charge in [0.15, 0.2) is 0 Å². The molecule has 0 radical (unpaired) electrons. The Kier molecular flexibility index (Phi) is 5.59. The second-order valence-corrected chi connectivity index (χ2v) is 4.85. The Bertz CT molecular complexity index is 352. The molecule has 2 nitrogen and oxygen atoms in total. The second-order valence-electron chi connectivity index (χ2n) is 4.85. The fourth-order valence-corrected chi connectivity index (χ4v) is 1.87. The molecule has 0 amide bonds. The van der Waals surface area contributed by atoms with Crippen molar-refractivity contribution in [3.63, 3.8) is 0 Å². The first-order valence-corrected chi connectivity index (χ1v) is 6.12. The van der Waals surface area contributed by atoms with Crippen LogP contribution in [-0.4, -0.2) is 6.10 Å². The van der Waals surface area contributed by atoms with Crippen molar-refractivity contribution in [2.45, 2.75) is 46.4 Å². The molecule has 0 fully saturated rings.